The number of hydrogen-bond donors (Lipinski definition) is 2. The number of guanidine groups is 1. The highest BCUT2D eigenvalue weighted by Crippen LogP contribution is 2.14. The minimum atomic E-state index is 0.276. The van der Waals surface area contributed by atoms with Gasteiger partial charge in [-0.05, 0) is 38.4 Å². The SMILES string of the molecule is CCNC(=NCC(Cc1ccccc1)N(CC)CC)NC1CCc2nc(COC)nn2C1. The minimum absolute atomic E-state index is 0.276. The van der Waals surface area contributed by atoms with E-state index in [1.165, 1.54) is 5.56 Å². The third-order valence-electron chi connectivity index (χ3n) is 5.96. The number of aromatic nitrogens is 3. The molecular weight excluding hydrogens is 402 g/mol. The van der Waals surface area contributed by atoms with Crippen LogP contribution in [-0.4, -0.2) is 71.0 Å². The fourth-order valence-corrected chi connectivity index (χ4v) is 4.31. The van der Waals surface area contributed by atoms with Gasteiger partial charge in [-0.1, -0.05) is 44.2 Å². The predicted octanol–water partition coefficient (Wildman–Crippen LogP) is 2.25. The summed E-state index contributed by atoms with van der Waals surface area (Å²) in [4.78, 5) is 12.1. The first-order chi connectivity index (χ1) is 15.7. The first-order valence-electron chi connectivity index (χ1n) is 11.9. The zero-order chi connectivity index (χ0) is 22.8. The summed E-state index contributed by atoms with van der Waals surface area (Å²) in [6.07, 6.45) is 2.92. The van der Waals surface area contributed by atoms with Crippen LogP contribution in [0.1, 0.15) is 44.4 Å². The van der Waals surface area contributed by atoms with E-state index in [1.54, 1.807) is 7.11 Å². The molecule has 0 spiro atoms. The number of hydrogen-bond acceptors (Lipinski definition) is 5. The van der Waals surface area contributed by atoms with E-state index in [0.29, 0.717) is 12.6 Å². The van der Waals surface area contributed by atoms with Gasteiger partial charge in [0, 0.05) is 32.2 Å². The van der Waals surface area contributed by atoms with Gasteiger partial charge in [-0.25, -0.2) is 9.67 Å². The van der Waals surface area contributed by atoms with Crippen LogP contribution < -0.4 is 10.6 Å². The van der Waals surface area contributed by atoms with Crippen molar-refractivity contribution >= 4 is 5.96 Å². The van der Waals surface area contributed by atoms with Crippen LogP contribution in [0, 0.1) is 0 Å². The molecule has 1 aromatic carbocycles. The van der Waals surface area contributed by atoms with Gasteiger partial charge in [0.05, 0.1) is 13.1 Å². The Morgan fingerprint density at radius 2 is 2.03 bits per heavy atom. The summed E-state index contributed by atoms with van der Waals surface area (Å²) in [7, 11) is 1.67. The van der Waals surface area contributed by atoms with Gasteiger partial charge in [0.15, 0.2) is 11.8 Å². The number of aliphatic imine (C=N–C) groups is 1. The van der Waals surface area contributed by atoms with Gasteiger partial charge in [0.2, 0.25) is 0 Å². The van der Waals surface area contributed by atoms with Gasteiger partial charge in [-0.3, -0.25) is 9.89 Å². The molecule has 8 heteroatoms. The number of rotatable bonds is 11. The zero-order valence-corrected chi connectivity index (χ0v) is 20.0. The van der Waals surface area contributed by atoms with E-state index in [4.69, 9.17) is 9.73 Å². The van der Waals surface area contributed by atoms with E-state index in [-0.39, 0.29) is 6.04 Å². The molecule has 1 aliphatic rings. The van der Waals surface area contributed by atoms with Gasteiger partial charge in [-0.15, -0.1) is 0 Å². The second kappa shape index (κ2) is 12.6. The van der Waals surface area contributed by atoms with Crippen LogP contribution in [0.3, 0.4) is 0 Å². The summed E-state index contributed by atoms with van der Waals surface area (Å²) in [6, 6.07) is 11.4. The summed E-state index contributed by atoms with van der Waals surface area (Å²) in [6.45, 7) is 11.4. The number of ether oxygens (including phenoxy) is 1. The first kappa shape index (κ1) is 24.2. The Labute approximate surface area is 192 Å². The number of nitrogens with zero attached hydrogens (tertiary/aromatic N) is 5. The second-order valence-electron chi connectivity index (χ2n) is 8.22. The van der Waals surface area contributed by atoms with Gasteiger partial charge in [0.1, 0.15) is 12.4 Å². The highest BCUT2D eigenvalue weighted by Gasteiger charge is 2.23. The Morgan fingerprint density at radius 3 is 2.72 bits per heavy atom. The molecule has 2 heterocycles. The van der Waals surface area contributed by atoms with E-state index >= 15 is 0 Å². The highest BCUT2D eigenvalue weighted by molar-refractivity contribution is 5.80. The summed E-state index contributed by atoms with van der Waals surface area (Å²) in [5.41, 5.74) is 1.36. The first-order valence-corrected chi connectivity index (χ1v) is 11.9. The molecule has 1 aromatic heterocycles. The van der Waals surface area contributed by atoms with Crippen LogP contribution in [0.5, 0.6) is 0 Å². The standard InChI is InChI=1S/C24H39N7O/c1-5-25-24(27-20-13-14-23-28-22(18-32-4)29-31(23)17-20)26-16-21(30(6-2)7-3)15-19-11-9-8-10-12-19/h8-12,20-21H,5-7,13-18H2,1-4H3,(H2,25,26,27). The van der Waals surface area contributed by atoms with E-state index in [1.807, 2.05) is 4.68 Å². The van der Waals surface area contributed by atoms with Crippen molar-refractivity contribution in [2.75, 3.05) is 33.3 Å². The van der Waals surface area contributed by atoms with Crippen molar-refractivity contribution in [2.24, 2.45) is 4.99 Å². The number of nitrogens with one attached hydrogen (secondary N) is 2. The van der Waals surface area contributed by atoms with Crippen molar-refractivity contribution in [1.29, 1.82) is 0 Å². The third kappa shape index (κ3) is 6.77. The van der Waals surface area contributed by atoms with Crippen LogP contribution in [0.4, 0.5) is 0 Å². The highest BCUT2D eigenvalue weighted by atomic mass is 16.5. The summed E-state index contributed by atoms with van der Waals surface area (Å²) in [5, 5.41) is 11.6. The molecule has 2 unspecified atom stereocenters. The number of benzene rings is 1. The lowest BCUT2D eigenvalue weighted by atomic mass is 10.0. The van der Waals surface area contributed by atoms with Gasteiger partial charge < -0.3 is 15.4 Å². The molecule has 176 valence electrons. The maximum absolute atomic E-state index is 5.18. The van der Waals surface area contributed by atoms with Crippen molar-refractivity contribution in [1.82, 2.24) is 30.3 Å². The smallest absolute Gasteiger partial charge is 0.191 e. The summed E-state index contributed by atoms with van der Waals surface area (Å²) < 4.78 is 7.18. The van der Waals surface area contributed by atoms with Crippen LogP contribution >= 0.6 is 0 Å². The minimum Gasteiger partial charge on any atom is -0.377 e. The molecule has 2 N–H and O–H groups in total. The molecular formula is C24H39N7O. The lowest BCUT2D eigenvalue weighted by Gasteiger charge is -2.29. The molecule has 2 atom stereocenters. The second-order valence-corrected chi connectivity index (χ2v) is 8.22. The van der Waals surface area contributed by atoms with Crippen molar-refractivity contribution in [3.8, 4) is 0 Å². The maximum atomic E-state index is 5.18. The van der Waals surface area contributed by atoms with Crippen LogP contribution in [0.2, 0.25) is 0 Å². The Bertz CT molecular complexity index is 832. The number of likely N-dealkylation sites (N-methyl/N-ethyl adjacent to an activating group) is 1. The maximum Gasteiger partial charge on any atom is 0.191 e. The van der Waals surface area contributed by atoms with Crippen molar-refractivity contribution in [3.63, 3.8) is 0 Å². The van der Waals surface area contributed by atoms with Crippen molar-refractivity contribution in [3.05, 3.63) is 47.5 Å². The van der Waals surface area contributed by atoms with Crippen molar-refractivity contribution < 1.29 is 4.74 Å². The largest absolute Gasteiger partial charge is 0.377 e. The predicted molar refractivity (Wildman–Crippen MR) is 129 cm³/mol. The number of methoxy groups -OCH3 is 1. The summed E-state index contributed by atoms with van der Waals surface area (Å²) >= 11 is 0. The van der Waals surface area contributed by atoms with Crippen LogP contribution in [0.15, 0.2) is 35.3 Å². The Morgan fingerprint density at radius 1 is 1.25 bits per heavy atom. The number of aryl methyl sites for hydroxylation is 1. The molecule has 0 aliphatic carbocycles. The average molecular weight is 442 g/mol. The number of fused-ring (bicyclic) bond motifs is 1. The molecule has 0 radical (unpaired) electrons. The molecule has 1 aliphatic heterocycles. The van der Waals surface area contributed by atoms with Crippen LogP contribution in [-0.2, 0) is 30.7 Å². The third-order valence-corrected chi connectivity index (χ3v) is 5.96. The summed E-state index contributed by atoms with van der Waals surface area (Å²) in [5.74, 6) is 2.68. The Balaban J connectivity index is 1.66. The fraction of sp³-hybridized carbons (Fsp3) is 0.625. The van der Waals surface area contributed by atoms with Gasteiger partial charge in [-0.2, -0.15) is 5.10 Å². The topological polar surface area (TPSA) is 79.6 Å². The fourth-order valence-electron chi connectivity index (χ4n) is 4.31. The molecule has 0 amide bonds. The molecule has 3 rings (SSSR count). The van der Waals surface area contributed by atoms with Gasteiger partial charge in [0.25, 0.3) is 0 Å². The van der Waals surface area contributed by atoms with E-state index in [9.17, 15) is 0 Å². The molecule has 0 saturated heterocycles. The van der Waals surface area contributed by atoms with E-state index < -0.39 is 0 Å². The molecule has 2 aromatic rings. The van der Waals surface area contributed by atoms with Crippen molar-refractivity contribution in [2.45, 2.75) is 65.3 Å². The monoisotopic (exact) mass is 441 g/mol. The molecule has 32 heavy (non-hydrogen) atoms. The molecule has 0 saturated carbocycles. The van der Waals surface area contributed by atoms with Gasteiger partial charge >= 0.3 is 0 Å². The molecule has 0 fully saturated rings. The Kier molecular flexibility index (Phi) is 9.49. The normalized spacial score (nSPS) is 17.3. The lowest BCUT2D eigenvalue weighted by molar-refractivity contribution is 0.177. The molecule has 0 bridgehead atoms. The molecule has 8 nitrogen and oxygen atoms in total. The van der Waals surface area contributed by atoms with E-state index in [2.05, 4.69) is 76.7 Å². The zero-order valence-electron chi connectivity index (χ0n) is 20.0. The Hall–Kier alpha value is -2.45. The average Bonchev–Trinajstić information content (AvgIpc) is 3.20. The van der Waals surface area contributed by atoms with E-state index in [0.717, 1.165) is 69.6 Å². The van der Waals surface area contributed by atoms with Crippen LogP contribution in [0.25, 0.3) is 0 Å². The lowest BCUT2D eigenvalue weighted by Crippen LogP contribution is -2.48. The quantitative estimate of drug-likeness (QED) is 0.411.